The normalized spacial score (nSPS) is 15.5. The second-order valence-corrected chi connectivity index (χ2v) is 9.04. The van der Waals surface area contributed by atoms with E-state index < -0.39 is 10.0 Å². The minimum absolute atomic E-state index is 0.119. The van der Waals surface area contributed by atoms with Crippen LogP contribution in [0.5, 0.6) is 0 Å². The Labute approximate surface area is 167 Å². The third-order valence-electron chi connectivity index (χ3n) is 5.21. The second kappa shape index (κ2) is 8.32. The molecule has 0 spiro atoms. The first-order chi connectivity index (χ1) is 13.3. The molecule has 1 heterocycles. The number of anilines is 1. The third-order valence-corrected chi connectivity index (χ3v) is 6.99. The number of carbonyl (C=O) groups excluding carboxylic acids is 1. The zero-order chi connectivity index (χ0) is 20.3. The Morgan fingerprint density at radius 1 is 1.04 bits per heavy atom. The first kappa shape index (κ1) is 20.4. The van der Waals surface area contributed by atoms with E-state index in [0.717, 1.165) is 25.2 Å². The van der Waals surface area contributed by atoms with Crippen LogP contribution in [0.4, 0.5) is 5.69 Å². The standard InChI is InChI=1S/C21H27N3O3S/c1-4-23-11-13-24(14-12-23)21(25)18-8-6-10-20(16-18)28(26,27)22(3)19-9-5-7-17(2)15-19/h5-10,15-16H,4,11-14H2,1-3H3. The molecule has 0 atom stereocenters. The van der Waals surface area contributed by atoms with E-state index in [9.17, 15) is 13.2 Å². The first-order valence-electron chi connectivity index (χ1n) is 9.50. The van der Waals surface area contributed by atoms with Crippen molar-refractivity contribution in [2.24, 2.45) is 0 Å². The van der Waals surface area contributed by atoms with Gasteiger partial charge in [0.1, 0.15) is 0 Å². The molecule has 0 aliphatic carbocycles. The molecule has 2 aromatic carbocycles. The summed E-state index contributed by atoms with van der Waals surface area (Å²) in [7, 11) is -2.22. The maximum absolute atomic E-state index is 13.1. The monoisotopic (exact) mass is 401 g/mol. The summed E-state index contributed by atoms with van der Waals surface area (Å²) in [6.45, 7) is 8.01. The van der Waals surface area contributed by atoms with Gasteiger partial charge in [-0.2, -0.15) is 0 Å². The van der Waals surface area contributed by atoms with Crippen LogP contribution in [0.3, 0.4) is 0 Å². The zero-order valence-electron chi connectivity index (χ0n) is 16.6. The Kier molecular flexibility index (Phi) is 6.05. The summed E-state index contributed by atoms with van der Waals surface area (Å²) >= 11 is 0. The van der Waals surface area contributed by atoms with Gasteiger partial charge in [0.25, 0.3) is 15.9 Å². The molecule has 0 aromatic heterocycles. The quantitative estimate of drug-likeness (QED) is 0.773. The van der Waals surface area contributed by atoms with Gasteiger partial charge in [0.2, 0.25) is 0 Å². The lowest BCUT2D eigenvalue weighted by Crippen LogP contribution is -2.48. The number of nitrogens with zero attached hydrogens (tertiary/aromatic N) is 3. The molecule has 1 fully saturated rings. The molecule has 0 saturated carbocycles. The second-order valence-electron chi connectivity index (χ2n) is 7.07. The summed E-state index contributed by atoms with van der Waals surface area (Å²) in [6.07, 6.45) is 0. The lowest BCUT2D eigenvalue weighted by Gasteiger charge is -2.34. The number of sulfonamides is 1. The highest BCUT2D eigenvalue weighted by Crippen LogP contribution is 2.24. The predicted octanol–water partition coefficient (Wildman–Crippen LogP) is 2.60. The molecule has 150 valence electrons. The van der Waals surface area contributed by atoms with Crippen molar-refractivity contribution in [1.29, 1.82) is 0 Å². The molecule has 1 aliphatic heterocycles. The van der Waals surface area contributed by atoms with Crippen LogP contribution >= 0.6 is 0 Å². The molecular formula is C21H27N3O3S. The Bertz CT molecular complexity index is 951. The molecule has 3 rings (SSSR count). The molecule has 28 heavy (non-hydrogen) atoms. The summed E-state index contributed by atoms with van der Waals surface area (Å²) < 4.78 is 27.4. The summed E-state index contributed by atoms with van der Waals surface area (Å²) in [4.78, 5) is 17.1. The van der Waals surface area contributed by atoms with Crippen molar-refractivity contribution in [2.75, 3.05) is 44.1 Å². The minimum Gasteiger partial charge on any atom is -0.336 e. The van der Waals surface area contributed by atoms with Crippen molar-refractivity contribution in [3.05, 3.63) is 59.7 Å². The van der Waals surface area contributed by atoms with Crippen molar-refractivity contribution in [2.45, 2.75) is 18.7 Å². The Hall–Kier alpha value is -2.38. The number of rotatable bonds is 5. The predicted molar refractivity (Wildman–Crippen MR) is 111 cm³/mol. The fourth-order valence-corrected chi connectivity index (χ4v) is 4.59. The Morgan fingerprint density at radius 2 is 1.71 bits per heavy atom. The number of likely N-dealkylation sites (N-methyl/N-ethyl adjacent to an activating group) is 1. The zero-order valence-corrected chi connectivity index (χ0v) is 17.4. The van der Waals surface area contributed by atoms with Gasteiger partial charge in [-0.25, -0.2) is 8.42 Å². The van der Waals surface area contributed by atoms with Gasteiger partial charge < -0.3 is 9.80 Å². The van der Waals surface area contributed by atoms with Crippen molar-refractivity contribution in [3.63, 3.8) is 0 Å². The lowest BCUT2D eigenvalue weighted by atomic mass is 10.2. The van der Waals surface area contributed by atoms with E-state index in [1.54, 1.807) is 23.1 Å². The van der Waals surface area contributed by atoms with Crippen LogP contribution in [0.2, 0.25) is 0 Å². The van der Waals surface area contributed by atoms with E-state index in [2.05, 4.69) is 11.8 Å². The van der Waals surface area contributed by atoms with Gasteiger partial charge in [0.05, 0.1) is 10.6 Å². The largest absolute Gasteiger partial charge is 0.336 e. The van der Waals surface area contributed by atoms with Crippen LogP contribution in [-0.4, -0.2) is 63.9 Å². The van der Waals surface area contributed by atoms with Crippen molar-refractivity contribution in [1.82, 2.24) is 9.80 Å². The number of amides is 1. The van der Waals surface area contributed by atoms with E-state index in [1.165, 1.54) is 23.5 Å². The van der Waals surface area contributed by atoms with Crippen LogP contribution in [0.25, 0.3) is 0 Å². The maximum Gasteiger partial charge on any atom is 0.264 e. The summed E-state index contributed by atoms with van der Waals surface area (Å²) in [6, 6.07) is 13.6. The van der Waals surface area contributed by atoms with E-state index in [1.807, 2.05) is 25.1 Å². The van der Waals surface area contributed by atoms with Gasteiger partial charge >= 0.3 is 0 Å². The molecule has 6 nitrogen and oxygen atoms in total. The Morgan fingerprint density at radius 3 is 2.36 bits per heavy atom. The van der Waals surface area contributed by atoms with Gasteiger partial charge in [-0.1, -0.05) is 25.1 Å². The number of aryl methyl sites for hydroxylation is 1. The average molecular weight is 402 g/mol. The SMILES string of the molecule is CCN1CCN(C(=O)c2cccc(S(=O)(=O)N(C)c3cccc(C)c3)c2)CC1. The summed E-state index contributed by atoms with van der Waals surface area (Å²) in [5.74, 6) is -0.119. The molecule has 1 aliphatic rings. The van der Waals surface area contributed by atoms with E-state index in [4.69, 9.17) is 0 Å². The molecule has 1 saturated heterocycles. The molecule has 0 radical (unpaired) electrons. The molecule has 0 N–H and O–H groups in total. The lowest BCUT2D eigenvalue weighted by molar-refractivity contribution is 0.0643. The number of carbonyl (C=O) groups is 1. The highest BCUT2D eigenvalue weighted by Gasteiger charge is 2.25. The van der Waals surface area contributed by atoms with Crippen molar-refractivity contribution < 1.29 is 13.2 Å². The molecule has 1 amide bonds. The van der Waals surface area contributed by atoms with E-state index in [0.29, 0.717) is 24.3 Å². The van der Waals surface area contributed by atoms with Gasteiger partial charge in [-0.3, -0.25) is 9.10 Å². The number of hydrogen-bond acceptors (Lipinski definition) is 4. The fourth-order valence-electron chi connectivity index (χ4n) is 3.36. The van der Waals surface area contributed by atoms with Crippen LogP contribution in [0.15, 0.2) is 53.4 Å². The number of hydrogen-bond donors (Lipinski definition) is 0. The van der Waals surface area contributed by atoms with Crippen LogP contribution in [0, 0.1) is 6.92 Å². The van der Waals surface area contributed by atoms with Crippen LogP contribution in [0.1, 0.15) is 22.8 Å². The fraction of sp³-hybridized carbons (Fsp3) is 0.381. The highest BCUT2D eigenvalue weighted by molar-refractivity contribution is 7.92. The van der Waals surface area contributed by atoms with Crippen molar-refractivity contribution >= 4 is 21.6 Å². The van der Waals surface area contributed by atoms with Gasteiger partial charge in [0, 0.05) is 38.8 Å². The average Bonchev–Trinajstić information content (AvgIpc) is 2.72. The van der Waals surface area contributed by atoms with Crippen LogP contribution in [-0.2, 0) is 10.0 Å². The smallest absolute Gasteiger partial charge is 0.264 e. The summed E-state index contributed by atoms with van der Waals surface area (Å²) in [5, 5.41) is 0. The van der Waals surface area contributed by atoms with Gasteiger partial charge in [-0.15, -0.1) is 0 Å². The van der Waals surface area contributed by atoms with Gasteiger partial charge in [0.15, 0.2) is 0 Å². The van der Waals surface area contributed by atoms with E-state index >= 15 is 0 Å². The van der Waals surface area contributed by atoms with E-state index in [-0.39, 0.29) is 10.8 Å². The number of piperazine rings is 1. The molecule has 7 heteroatoms. The topological polar surface area (TPSA) is 60.9 Å². The third kappa shape index (κ3) is 4.20. The van der Waals surface area contributed by atoms with Crippen molar-refractivity contribution in [3.8, 4) is 0 Å². The minimum atomic E-state index is -3.75. The first-order valence-corrected chi connectivity index (χ1v) is 10.9. The molecule has 2 aromatic rings. The molecular weight excluding hydrogens is 374 g/mol. The molecule has 0 bridgehead atoms. The maximum atomic E-state index is 13.1. The molecule has 0 unspecified atom stereocenters. The Balaban J connectivity index is 1.83. The number of benzene rings is 2. The highest BCUT2D eigenvalue weighted by atomic mass is 32.2. The van der Waals surface area contributed by atoms with Crippen LogP contribution < -0.4 is 4.31 Å². The van der Waals surface area contributed by atoms with Gasteiger partial charge in [-0.05, 0) is 49.4 Å². The summed E-state index contributed by atoms with van der Waals surface area (Å²) in [5.41, 5.74) is 1.98.